The summed E-state index contributed by atoms with van der Waals surface area (Å²) in [6.45, 7) is 0.907. The summed E-state index contributed by atoms with van der Waals surface area (Å²) in [5, 5.41) is 3.64. The SMILES string of the molecule is COc1ccc(CCNC(=O)c2ccccc2OCc2ccc(Cl)cc2)cc1. The largest absolute Gasteiger partial charge is 0.497 e. The van der Waals surface area contributed by atoms with Crippen molar-refractivity contribution in [1.29, 1.82) is 0 Å². The zero-order chi connectivity index (χ0) is 19.8. The summed E-state index contributed by atoms with van der Waals surface area (Å²) in [6.07, 6.45) is 0.740. The third-order valence-corrected chi connectivity index (χ3v) is 4.55. The quantitative estimate of drug-likeness (QED) is 0.590. The van der Waals surface area contributed by atoms with Crippen molar-refractivity contribution >= 4 is 17.5 Å². The van der Waals surface area contributed by atoms with Crippen LogP contribution in [0.25, 0.3) is 0 Å². The molecule has 0 spiro atoms. The Morgan fingerprint density at radius 2 is 1.61 bits per heavy atom. The molecule has 0 atom stereocenters. The second kappa shape index (κ2) is 9.81. The lowest BCUT2D eigenvalue weighted by molar-refractivity contribution is 0.0949. The molecule has 0 aliphatic heterocycles. The van der Waals surface area contributed by atoms with Crippen molar-refractivity contribution in [3.05, 3.63) is 94.5 Å². The zero-order valence-electron chi connectivity index (χ0n) is 15.7. The number of nitrogens with one attached hydrogen (secondary N) is 1. The monoisotopic (exact) mass is 395 g/mol. The third kappa shape index (κ3) is 5.51. The minimum Gasteiger partial charge on any atom is -0.497 e. The van der Waals surface area contributed by atoms with Gasteiger partial charge in [-0.05, 0) is 53.9 Å². The average molecular weight is 396 g/mol. The predicted molar refractivity (Wildman–Crippen MR) is 111 cm³/mol. The molecule has 3 rings (SSSR count). The van der Waals surface area contributed by atoms with Gasteiger partial charge in [0.05, 0.1) is 12.7 Å². The molecule has 0 bridgehead atoms. The lowest BCUT2D eigenvalue weighted by Gasteiger charge is -2.12. The van der Waals surface area contributed by atoms with E-state index in [2.05, 4.69) is 5.32 Å². The number of para-hydroxylation sites is 1. The number of methoxy groups -OCH3 is 1. The van der Waals surface area contributed by atoms with E-state index in [-0.39, 0.29) is 5.91 Å². The first-order chi connectivity index (χ1) is 13.7. The lowest BCUT2D eigenvalue weighted by Crippen LogP contribution is -2.26. The molecule has 0 aliphatic rings. The Morgan fingerprint density at radius 1 is 0.929 bits per heavy atom. The van der Waals surface area contributed by atoms with E-state index in [0.29, 0.717) is 29.5 Å². The normalized spacial score (nSPS) is 10.4. The van der Waals surface area contributed by atoms with E-state index in [9.17, 15) is 4.79 Å². The van der Waals surface area contributed by atoms with Crippen LogP contribution in [-0.4, -0.2) is 19.6 Å². The van der Waals surface area contributed by atoms with Crippen LogP contribution in [0.1, 0.15) is 21.5 Å². The summed E-state index contributed by atoms with van der Waals surface area (Å²) in [6, 6.07) is 22.5. The number of hydrogen-bond acceptors (Lipinski definition) is 3. The maximum absolute atomic E-state index is 12.6. The molecule has 1 N–H and O–H groups in total. The summed E-state index contributed by atoms with van der Waals surface area (Å²) in [7, 11) is 1.64. The molecule has 144 valence electrons. The Bertz CT molecular complexity index is 908. The van der Waals surface area contributed by atoms with Crippen molar-refractivity contribution in [3.8, 4) is 11.5 Å². The van der Waals surface area contributed by atoms with Gasteiger partial charge >= 0.3 is 0 Å². The number of halogens is 1. The number of rotatable bonds is 8. The predicted octanol–water partition coefficient (Wildman–Crippen LogP) is 4.90. The maximum atomic E-state index is 12.6. The Hall–Kier alpha value is -2.98. The Morgan fingerprint density at radius 3 is 2.32 bits per heavy atom. The zero-order valence-corrected chi connectivity index (χ0v) is 16.4. The molecule has 1 amide bonds. The first kappa shape index (κ1) is 19.8. The van der Waals surface area contributed by atoms with Gasteiger partial charge < -0.3 is 14.8 Å². The molecule has 0 aliphatic carbocycles. The highest BCUT2D eigenvalue weighted by atomic mass is 35.5. The second-order valence-corrected chi connectivity index (χ2v) is 6.70. The highest BCUT2D eigenvalue weighted by Gasteiger charge is 2.12. The first-order valence-corrected chi connectivity index (χ1v) is 9.41. The van der Waals surface area contributed by atoms with E-state index < -0.39 is 0 Å². The van der Waals surface area contributed by atoms with Gasteiger partial charge in [0.2, 0.25) is 0 Å². The third-order valence-electron chi connectivity index (χ3n) is 4.30. The van der Waals surface area contributed by atoms with Crippen LogP contribution in [0.5, 0.6) is 11.5 Å². The fourth-order valence-corrected chi connectivity index (χ4v) is 2.86. The lowest BCUT2D eigenvalue weighted by atomic mass is 10.1. The molecular formula is C23H22ClNO3. The molecule has 0 saturated carbocycles. The number of carbonyl (C=O) groups is 1. The molecule has 5 heteroatoms. The molecule has 0 saturated heterocycles. The summed E-state index contributed by atoms with van der Waals surface area (Å²) in [5.74, 6) is 1.22. The minimum absolute atomic E-state index is 0.153. The van der Waals surface area contributed by atoms with Gasteiger partial charge in [-0.15, -0.1) is 0 Å². The van der Waals surface area contributed by atoms with Gasteiger partial charge in [0, 0.05) is 11.6 Å². The molecular weight excluding hydrogens is 374 g/mol. The van der Waals surface area contributed by atoms with Crippen LogP contribution in [0, 0.1) is 0 Å². The van der Waals surface area contributed by atoms with E-state index in [4.69, 9.17) is 21.1 Å². The van der Waals surface area contributed by atoms with Gasteiger partial charge in [-0.25, -0.2) is 0 Å². The molecule has 28 heavy (non-hydrogen) atoms. The number of benzene rings is 3. The summed E-state index contributed by atoms with van der Waals surface area (Å²) >= 11 is 5.90. The van der Waals surface area contributed by atoms with Gasteiger partial charge in [-0.3, -0.25) is 4.79 Å². The molecule has 4 nitrogen and oxygen atoms in total. The van der Waals surface area contributed by atoms with Crippen molar-refractivity contribution < 1.29 is 14.3 Å². The molecule has 3 aromatic carbocycles. The standard InChI is InChI=1S/C23H22ClNO3/c1-27-20-12-8-17(9-13-20)14-15-25-23(26)21-4-2-3-5-22(21)28-16-18-6-10-19(24)11-7-18/h2-13H,14-16H2,1H3,(H,25,26). The van der Waals surface area contributed by atoms with E-state index in [0.717, 1.165) is 23.3 Å². The molecule has 0 radical (unpaired) electrons. The van der Waals surface area contributed by atoms with Gasteiger partial charge in [-0.1, -0.05) is 48.0 Å². The minimum atomic E-state index is -0.153. The molecule has 0 unspecified atom stereocenters. The van der Waals surface area contributed by atoms with E-state index in [1.807, 2.05) is 60.7 Å². The van der Waals surface area contributed by atoms with Crippen molar-refractivity contribution in [2.45, 2.75) is 13.0 Å². The first-order valence-electron chi connectivity index (χ1n) is 9.03. The Kier molecular flexibility index (Phi) is 6.93. The highest BCUT2D eigenvalue weighted by molar-refractivity contribution is 6.30. The van der Waals surface area contributed by atoms with Gasteiger partial charge in [0.25, 0.3) is 5.91 Å². The van der Waals surface area contributed by atoms with E-state index >= 15 is 0 Å². The van der Waals surface area contributed by atoms with Crippen molar-refractivity contribution in [3.63, 3.8) is 0 Å². The smallest absolute Gasteiger partial charge is 0.255 e. The molecule has 0 aromatic heterocycles. The van der Waals surface area contributed by atoms with Crippen LogP contribution in [0.4, 0.5) is 0 Å². The molecule has 0 fully saturated rings. The van der Waals surface area contributed by atoms with Crippen LogP contribution in [0.3, 0.4) is 0 Å². The fourth-order valence-electron chi connectivity index (χ4n) is 2.73. The summed E-state index contributed by atoms with van der Waals surface area (Å²) in [4.78, 5) is 12.6. The average Bonchev–Trinajstić information content (AvgIpc) is 2.74. The summed E-state index contributed by atoms with van der Waals surface area (Å²) < 4.78 is 11.0. The number of carbonyl (C=O) groups excluding carboxylic acids is 1. The van der Waals surface area contributed by atoms with E-state index in [1.54, 1.807) is 19.2 Å². The van der Waals surface area contributed by atoms with Crippen LogP contribution >= 0.6 is 11.6 Å². The number of hydrogen-bond donors (Lipinski definition) is 1. The van der Waals surface area contributed by atoms with Crippen molar-refractivity contribution in [1.82, 2.24) is 5.32 Å². The van der Waals surface area contributed by atoms with Crippen molar-refractivity contribution in [2.24, 2.45) is 0 Å². The van der Waals surface area contributed by atoms with Gasteiger partial charge in [0.1, 0.15) is 18.1 Å². The number of amides is 1. The Labute approximate surface area is 170 Å². The Balaban J connectivity index is 1.56. The van der Waals surface area contributed by atoms with E-state index in [1.165, 1.54) is 0 Å². The number of ether oxygens (including phenoxy) is 2. The van der Waals surface area contributed by atoms with Crippen LogP contribution in [0.2, 0.25) is 5.02 Å². The van der Waals surface area contributed by atoms with Crippen LogP contribution in [0.15, 0.2) is 72.8 Å². The van der Waals surface area contributed by atoms with Crippen LogP contribution < -0.4 is 14.8 Å². The fraction of sp³-hybridized carbons (Fsp3) is 0.174. The van der Waals surface area contributed by atoms with Crippen LogP contribution in [-0.2, 0) is 13.0 Å². The maximum Gasteiger partial charge on any atom is 0.255 e. The van der Waals surface area contributed by atoms with Gasteiger partial charge in [-0.2, -0.15) is 0 Å². The highest BCUT2D eigenvalue weighted by Crippen LogP contribution is 2.20. The van der Waals surface area contributed by atoms with Crippen molar-refractivity contribution in [2.75, 3.05) is 13.7 Å². The molecule has 0 heterocycles. The van der Waals surface area contributed by atoms with Gasteiger partial charge in [0.15, 0.2) is 0 Å². The topological polar surface area (TPSA) is 47.6 Å². The summed E-state index contributed by atoms with van der Waals surface area (Å²) in [5.41, 5.74) is 2.64. The second-order valence-electron chi connectivity index (χ2n) is 6.27. The molecule has 3 aromatic rings.